The molecule has 0 aromatic heterocycles. The Morgan fingerprint density at radius 2 is 1.36 bits per heavy atom. The zero-order valence-corrected chi connectivity index (χ0v) is 18.6. The van der Waals surface area contributed by atoms with Crippen LogP contribution in [-0.2, 0) is 9.53 Å². The molecular weight excluding hydrogens is 412 g/mol. The molecule has 1 spiro atoms. The van der Waals surface area contributed by atoms with E-state index >= 15 is 0 Å². The second kappa shape index (κ2) is 9.10. The number of hydrogen-bond acceptors (Lipinski definition) is 3. The molecule has 0 aliphatic carbocycles. The van der Waals surface area contributed by atoms with Crippen molar-refractivity contribution >= 4 is 17.7 Å². The Hall–Kier alpha value is -3.60. The van der Waals surface area contributed by atoms with E-state index in [1.54, 1.807) is 4.90 Å². The molecule has 3 aromatic carbocycles. The van der Waals surface area contributed by atoms with Crippen molar-refractivity contribution in [1.29, 1.82) is 0 Å². The van der Waals surface area contributed by atoms with Crippen LogP contribution >= 0.6 is 0 Å². The number of amides is 2. The van der Waals surface area contributed by atoms with E-state index < -0.39 is 5.60 Å². The van der Waals surface area contributed by atoms with E-state index in [9.17, 15) is 9.59 Å². The van der Waals surface area contributed by atoms with E-state index in [4.69, 9.17) is 4.74 Å². The average molecular weight is 441 g/mol. The third kappa shape index (κ3) is 4.36. The van der Waals surface area contributed by atoms with Gasteiger partial charge >= 0.3 is 6.09 Å². The molecule has 1 unspecified atom stereocenters. The maximum Gasteiger partial charge on any atom is 0.415 e. The maximum atomic E-state index is 13.8. The lowest BCUT2D eigenvalue weighted by molar-refractivity contribution is -0.131. The van der Waals surface area contributed by atoms with Crippen LogP contribution in [0.2, 0.25) is 0 Å². The Kier molecular flexibility index (Phi) is 5.86. The first-order valence-electron chi connectivity index (χ1n) is 11.6. The second-order valence-corrected chi connectivity index (χ2v) is 8.91. The zero-order valence-electron chi connectivity index (χ0n) is 18.6. The van der Waals surface area contributed by atoms with Crippen molar-refractivity contribution < 1.29 is 14.3 Å². The van der Waals surface area contributed by atoms with Gasteiger partial charge in [-0.15, -0.1) is 0 Å². The molecule has 2 aliphatic heterocycles. The lowest BCUT2D eigenvalue weighted by Gasteiger charge is -2.28. The molecule has 5 rings (SSSR count). The van der Waals surface area contributed by atoms with Gasteiger partial charge in [0.05, 0.1) is 12.5 Å². The number of carbonyl (C=O) groups is 2. The molecule has 1 atom stereocenters. The summed E-state index contributed by atoms with van der Waals surface area (Å²) in [6, 6.07) is 29.6. The minimum atomic E-state index is -0.545. The van der Waals surface area contributed by atoms with Crippen molar-refractivity contribution in [1.82, 2.24) is 4.90 Å². The quantitative estimate of drug-likeness (QED) is 0.558. The Balaban J connectivity index is 1.35. The van der Waals surface area contributed by atoms with E-state index in [0.717, 1.165) is 29.7 Å². The summed E-state index contributed by atoms with van der Waals surface area (Å²) in [5.74, 6) is -0.234. The molecule has 168 valence electrons. The third-order valence-electron chi connectivity index (χ3n) is 6.76. The summed E-state index contributed by atoms with van der Waals surface area (Å²) in [4.78, 5) is 30.2. The molecule has 0 N–H and O–H groups in total. The highest BCUT2D eigenvalue weighted by molar-refractivity contribution is 5.90. The summed E-state index contributed by atoms with van der Waals surface area (Å²) < 4.78 is 5.94. The van der Waals surface area contributed by atoms with Gasteiger partial charge in [0.15, 0.2) is 0 Å². The molecular formula is C28H28N2O3. The van der Waals surface area contributed by atoms with Gasteiger partial charge < -0.3 is 9.64 Å². The Morgan fingerprint density at radius 3 is 1.97 bits per heavy atom. The molecule has 2 heterocycles. The number of carbonyl (C=O) groups excluding carboxylic acids is 2. The number of rotatable bonds is 4. The fourth-order valence-corrected chi connectivity index (χ4v) is 5.03. The van der Waals surface area contributed by atoms with Gasteiger partial charge in [0.25, 0.3) is 0 Å². The van der Waals surface area contributed by atoms with Gasteiger partial charge in [-0.1, -0.05) is 78.9 Å². The monoisotopic (exact) mass is 440 g/mol. The van der Waals surface area contributed by atoms with Crippen LogP contribution in [0, 0.1) is 0 Å². The fraction of sp³-hybridized carbons (Fsp3) is 0.286. The summed E-state index contributed by atoms with van der Waals surface area (Å²) >= 11 is 0. The van der Waals surface area contributed by atoms with Gasteiger partial charge in [0.2, 0.25) is 5.91 Å². The predicted octanol–water partition coefficient (Wildman–Crippen LogP) is 5.23. The Bertz CT molecular complexity index is 1060. The highest BCUT2D eigenvalue weighted by Crippen LogP contribution is 2.37. The van der Waals surface area contributed by atoms with Crippen LogP contribution < -0.4 is 4.90 Å². The number of benzene rings is 3. The fourth-order valence-electron chi connectivity index (χ4n) is 5.03. The highest BCUT2D eigenvalue weighted by Gasteiger charge is 2.47. The molecule has 0 saturated carbocycles. The van der Waals surface area contributed by atoms with E-state index in [1.807, 2.05) is 95.9 Å². The molecule has 5 nitrogen and oxygen atoms in total. The molecule has 2 amide bonds. The topological polar surface area (TPSA) is 49.9 Å². The molecule has 5 heteroatoms. The van der Waals surface area contributed by atoms with E-state index in [0.29, 0.717) is 26.1 Å². The lowest BCUT2D eigenvalue weighted by atomic mass is 9.90. The predicted molar refractivity (Wildman–Crippen MR) is 128 cm³/mol. The average Bonchev–Trinajstić information content (AvgIpc) is 3.05. The normalized spacial score (nSPS) is 20.7. The molecule has 3 aromatic rings. The van der Waals surface area contributed by atoms with Gasteiger partial charge in [0, 0.05) is 25.2 Å². The maximum absolute atomic E-state index is 13.8. The number of anilines is 1. The number of ether oxygens (including phenoxy) is 1. The summed E-state index contributed by atoms with van der Waals surface area (Å²) in [6.45, 7) is 1.77. The van der Waals surface area contributed by atoms with Crippen molar-refractivity contribution in [2.75, 3.05) is 24.5 Å². The summed E-state index contributed by atoms with van der Waals surface area (Å²) in [5, 5.41) is 0. The molecule has 2 aliphatic rings. The first-order chi connectivity index (χ1) is 16.2. The van der Waals surface area contributed by atoms with Crippen LogP contribution in [0.5, 0.6) is 0 Å². The Labute approximate surface area is 194 Å². The van der Waals surface area contributed by atoms with Gasteiger partial charge in [-0.25, -0.2) is 4.79 Å². The van der Waals surface area contributed by atoms with Gasteiger partial charge in [0.1, 0.15) is 5.60 Å². The minimum Gasteiger partial charge on any atom is -0.441 e. The second-order valence-electron chi connectivity index (χ2n) is 8.91. The van der Waals surface area contributed by atoms with Crippen molar-refractivity contribution in [3.05, 3.63) is 102 Å². The first kappa shape index (κ1) is 21.3. The standard InChI is InChI=1S/C28H28N2O3/c31-26(25(22-11-4-1-5-12-22)23-13-6-2-7-14-23)29-19-10-17-28(18-20-29)21-30(27(32)33-28)24-15-8-3-9-16-24/h1-9,11-16,25H,10,17-21H2. The number of likely N-dealkylation sites (tertiary alicyclic amines) is 1. The van der Waals surface area contributed by atoms with Crippen LogP contribution in [0.15, 0.2) is 91.0 Å². The van der Waals surface area contributed by atoms with E-state index in [1.165, 1.54) is 0 Å². The van der Waals surface area contributed by atoms with Crippen LogP contribution in [0.25, 0.3) is 0 Å². The summed E-state index contributed by atoms with van der Waals surface area (Å²) in [5.41, 5.74) is 2.30. The van der Waals surface area contributed by atoms with Crippen molar-refractivity contribution in [3.8, 4) is 0 Å². The number of para-hydroxylation sites is 1. The van der Waals surface area contributed by atoms with Gasteiger partial charge in [-0.2, -0.15) is 0 Å². The Morgan fingerprint density at radius 1 is 0.788 bits per heavy atom. The first-order valence-corrected chi connectivity index (χ1v) is 11.6. The number of hydrogen-bond donors (Lipinski definition) is 0. The van der Waals surface area contributed by atoms with Crippen molar-refractivity contribution in [2.24, 2.45) is 0 Å². The van der Waals surface area contributed by atoms with Crippen LogP contribution in [0.4, 0.5) is 10.5 Å². The molecule has 0 radical (unpaired) electrons. The minimum absolute atomic E-state index is 0.105. The molecule has 33 heavy (non-hydrogen) atoms. The molecule has 0 bridgehead atoms. The summed E-state index contributed by atoms with van der Waals surface area (Å²) in [6.07, 6.45) is 1.90. The van der Waals surface area contributed by atoms with Gasteiger partial charge in [-0.3, -0.25) is 9.69 Å². The van der Waals surface area contributed by atoms with Crippen molar-refractivity contribution in [2.45, 2.75) is 30.8 Å². The van der Waals surface area contributed by atoms with Crippen LogP contribution in [0.1, 0.15) is 36.3 Å². The van der Waals surface area contributed by atoms with Crippen LogP contribution in [-0.4, -0.2) is 42.1 Å². The highest BCUT2D eigenvalue weighted by atomic mass is 16.6. The largest absolute Gasteiger partial charge is 0.441 e. The summed E-state index contributed by atoms with van der Waals surface area (Å²) in [7, 11) is 0. The van der Waals surface area contributed by atoms with Gasteiger partial charge in [-0.05, 0) is 36.1 Å². The van der Waals surface area contributed by atoms with E-state index in [-0.39, 0.29) is 17.9 Å². The zero-order chi connectivity index (χ0) is 22.7. The SMILES string of the molecule is O=C(C(c1ccccc1)c1ccccc1)N1CCCC2(CC1)CN(c1ccccc1)C(=O)O2. The van der Waals surface area contributed by atoms with Crippen LogP contribution in [0.3, 0.4) is 0 Å². The van der Waals surface area contributed by atoms with Crippen molar-refractivity contribution in [3.63, 3.8) is 0 Å². The molecule has 2 fully saturated rings. The number of nitrogens with zero attached hydrogens (tertiary/aromatic N) is 2. The molecule has 2 saturated heterocycles. The van der Waals surface area contributed by atoms with E-state index in [2.05, 4.69) is 0 Å². The lowest BCUT2D eigenvalue weighted by Crippen LogP contribution is -2.39. The smallest absolute Gasteiger partial charge is 0.415 e. The third-order valence-corrected chi connectivity index (χ3v) is 6.76.